The first-order valence-corrected chi connectivity index (χ1v) is 8.10. The van der Waals surface area contributed by atoms with Crippen LogP contribution in [-0.4, -0.2) is 17.8 Å². The highest BCUT2D eigenvalue weighted by atomic mass is 19.1. The molecule has 0 bridgehead atoms. The number of hydrogen-bond donors (Lipinski definition) is 0. The van der Waals surface area contributed by atoms with E-state index in [0.29, 0.717) is 16.8 Å². The van der Waals surface area contributed by atoms with E-state index in [9.17, 15) is 9.18 Å². The summed E-state index contributed by atoms with van der Waals surface area (Å²) in [6.07, 6.45) is 8.41. The van der Waals surface area contributed by atoms with Crippen molar-refractivity contribution >= 4 is 17.2 Å². The van der Waals surface area contributed by atoms with Crippen molar-refractivity contribution in [3.05, 3.63) is 89.5 Å². The molecule has 0 aliphatic heterocycles. The quantitative estimate of drug-likeness (QED) is 0.508. The molecular weight excluding hydrogens is 327 g/mol. The van der Waals surface area contributed by atoms with Crippen LogP contribution in [0, 0.1) is 18.2 Å². The molecule has 0 amide bonds. The lowest BCUT2D eigenvalue weighted by molar-refractivity contribution is 0.0993. The van der Waals surface area contributed by atoms with Gasteiger partial charge in [0.25, 0.3) is 0 Å². The first kappa shape index (κ1) is 17.4. The van der Waals surface area contributed by atoms with Crippen molar-refractivity contribution in [2.24, 2.45) is 0 Å². The van der Waals surface area contributed by atoms with Gasteiger partial charge in [0.2, 0.25) is 0 Å². The average Bonchev–Trinajstić information content (AvgIpc) is 2.67. The number of hydrogen-bond acceptors (Lipinski definition) is 3. The molecule has 26 heavy (non-hydrogen) atoms. The Morgan fingerprint density at radius 3 is 2.69 bits per heavy atom. The van der Waals surface area contributed by atoms with Crippen LogP contribution in [0.25, 0.3) is 0 Å². The third kappa shape index (κ3) is 3.96. The van der Waals surface area contributed by atoms with Gasteiger partial charge in [0.05, 0.1) is 18.1 Å². The summed E-state index contributed by atoms with van der Waals surface area (Å²) >= 11 is 0. The van der Waals surface area contributed by atoms with E-state index in [0.717, 1.165) is 17.4 Å². The first-order valence-electron chi connectivity index (χ1n) is 8.10. The Morgan fingerprint density at radius 2 is 1.92 bits per heavy atom. The summed E-state index contributed by atoms with van der Waals surface area (Å²) < 4.78 is 13.4. The molecule has 2 aromatic carbocycles. The maximum absolute atomic E-state index is 13.4. The van der Waals surface area contributed by atoms with Crippen LogP contribution in [0.3, 0.4) is 0 Å². The van der Waals surface area contributed by atoms with E-state index in [1.165, 1.54) is 6.07 Å². The highest BCUT2D eigenvalue weighted by Gasteiger charge is 2.10. The Morgan fingerprint density at radius 1 is 1.12 bits per heavy atom. The van der Waals surface area contributed by atoms with Gasteiger partial charge in [-0.2, -0.15) is 0 Å². The fraction of sp³-hybridized carbons (Fsp3) is 0.0909. The van der Waals surface area contributed by atoms with Crippen LogP contribution < -0.4 is 4.90 Å². The molecule has 0 fully saturated rings. The van der Waals surface area contributed by atoms with E-state index in [1.54, 1.807) is 30.5 Å². The van der Waals surface area contributed by atoms with Crippen LogP contribution in [0.4, 0.5) is 15.8 Å². The highest BCUT2D eigenvalue weighted by Crippen LogP contribution is 2.24. The molecule has 1 aromatic heterocycles. The zero-order valence-electron chi connectivity index (χ0n) is 14.3. The standard InChI is InChI=1S/C22H17FN2O/c1-3-16-6-4-8-18(10-16)22(26)12-17-7-5-9-20(11-17)25(2)21-13-19(23)14-24-15-21/h1,4-11,13-15H,12H2,2H3. The Bertz CT molecular complexity index is 991. The first-order chi connectivity index (χ1) is 12.6. The highest BCUT2D eigenvalue weighted by molar-refractivity contribution is 5.97. The topological polar surface area (TPSA) is 33.2 Å². The lowest BCUT2D eigenvalue weighted by Gasteiger charge is -2.19. The van der Waals surface area contributed by atoms with E-state index in [2.05, 4.69) is 10.9 Å². The molecule has 0 saturated heterocycles. The minimum atomic E-state index is -0.394. The van der Waals surface area contributed by atoms with Gasteiger partial charge in [-0.1, -0.05) is 30.2 Å². The minimum absolute atomic E-state index is 0.00525. The van der Waals surface area contributed by atoms with Crippen LogP contribution in [0.5, 0.6) is 0 Å². The number of anilines is 2. The molecule has 0 aliphatic rings. The number of Topliss-reactive ketones (excluding diaryl/α,β-unsaturated/α-hetero) is 1. The summed E-state index contributed by atoms with van der Waals surface area (Å²) in [5.74, 6) is 2.14. The maximum atomic E-state index is 13.4. The van der Waals surface area contributed by atoms with Gasteiger partial charge >= 0.3 is 0 Å². The normalized spacial score (nSPS) is 10.2. The van der Waals surface area contributed by atoms with Gasteiger partial charge in [0, 0.05) is 36.3 Å². The van der Waals surface area contributed by atoms with Crippen molar-refractivity contribution in [3.8, 4) is 12.3 Å². The molecule has 0 unspecified atom stereocenters. The predicted octanol–water partition coefficient (Wildman–Crippen LogP) is 4.40. The number of rotatable bonds is 5. The SMILES string of the molecule is C#Cc1cccc(C(=O)Cc2cccc(N(C)c3cncc(F)c3)c2)c1. The van der Waals surface area contributed by atoms with Gasteiger partial charge < -0.3 is 4.90 Å². The second-order valence-electron chi connectivity index (χ2n) is 5.92. The van der Waals surface area contributed by atoms with Crippen LogP contribution in [0.15, 0.2) is 67.0 Å². The molecule has 4 heteroatoms. The van der Waals surface area contributed by atoms with Crippen molar-refractivity contribution < 1.29 is 9.18 Å². The van der Waals surface area contributed by atoms with Crippen molar-refractivity contribution in [2.75, 3.05) is 11.9 Å². The second kappa shape index (κ2) is 7.62. The molecule has 0 saturated carbocycles. The van der Waals surface area contributed by atoms with E-state index in [1.807, 2.05) is 36.2 Å². The third-order valence-electron chi connectivity index (χ3n) is 4.09. The summed E-state index contributed by atoms with van der Waals surface area (Å²) in [6, 6.07) is 16.0. The zero-order valence-corrected chi connectivity index (χ0v) is 14.3. The fourth-order valence-electron chi connectivity index (χ4n) is 2.68. The number of pyridine rings is 1. The average molecular weight is 344 g/mol. The second-order valence-corrected chi connectivity index (χ2v) is 5.92. The van der Waals surface area contributed by atoms with Crippen molar-refractivity contribution in [3.63, 3.8) is 0 Å². The van der Waals surface area contributed by atoms with Gasteiger partial charge in [-0.25, -0.2) is 4.39 Å². The number of benzene rings is 2. The summed E-state index contributed by atoms with van der Waals surface area (Å²) in [5.41, 5.74) is 3.63. The smallest absolute Gasteiger partial charge is 0.167 e. The van der Waals surface area contributed by atoms with Crippen LogP contribution in [0.2, 0.25) is 0 Å². The van der Waals surface area contributed by atoms with Gasteiger partial charge in [0.1, 0.15) is 5.82 Å². The van der Waals surface area contributed by atoms with E-state index < -0.39 is 5.82 Å². The van der Waals surface area contributed by atoms with Gasteiger partial charge in [-0.15, -0.1) is 6.42 Å². The molecule has 0 N–H and O–H groups in total. The van der Waals surface area contributed by atoms with Crippen molar-refractivity contribution in [1.29, 1.82) is 0 Å². The number of terminal acetylenes is 1. The number of aromatic nitrogens is 1. The molecular formula is C22H17FN2O. The summed E-state index contributed by atoms with van der Waals surface area (Å²) in [5, 5.41) is 0. The van der Waals surface area contributed by atoms with Crippen LogP contribution in [-0.2, 0) is 6.42 Å². The lowest BCUT2D eigenvalue weighted by atomic mass is 10.0. The van der Waals surface area contributed by atoms with Crippen molar-refractivity contribution in [2.45, 2.75) is 6.42 Å². The molecule has 0 spiro atoms. The van der Waals surface area contributed by atoms with Gasteiger partial charge in [-0.05, 0) is 29.8 Å². The molecule has 3 rings (SSSR count). The number of carbonyl (C=O) groups excluding carboxylic acids is 1. The van der Waals surface area contributed by atoms with E-state index >= 15 is 0 Å². The van der Waals surface area contributed by atoms with Crippen LogP contribution >= 0.6 is 0 Å². The summed E-state index contributed by atoms with van der Waals surface area (Å²) in [6.45, 7) is 0. The molecule has 3 aromatic rings. The third-order valence-corrected chi connectivity index (χ3v) is 4.09. The van der Waals surface area contributed by atoms with Crippen LogP contribution in [0.1, 0.15) is 21.5 Å². The Hall–Kier alpha value is -3.45. The van der Waals surface area contributed by atoms with E-state index in [4.69, 9.17) is 6.42 Å². The van der Waals surface area contributed by atoms with Gasteiger partial charge in [-0.3, -0.25) is 9.78 Å². The largest absolute Gasteiger partial charge is 0.343 e. The lowest BCUT2D eigenvalue weighted by Crippen LogP contribution is -2.11. The Kier molecular flexibility index (Phi) is 5.09. The number of halogens is 1. The Labute approximate surface area is 152 Å². The summed E-state index contributed by atoms with van der Waals surface area (Å²) in [7, 11) is 1.83. The predicted molar refractivity (Wildman–Crippen MR) is 101 cm³/mol. The Balaban J connectivity index is 1.81. The molecule has 1 heterocycles. The maximum Gasteiger partial charge on any atom is 0.167 e. The molecule has 0 atom stereocenters. The number of ketones is 1. The van der Waals surface area contributed by atoms with Gasteiger partial charge in [0.15, 0.2) is 5.78 Å². The molecule has 0 aliphatic carbocycles. The minimum Gasteiger partial charge on any atom is -0.343 e. The van der Waals surface area contributed by atoms with Crippen molar-refractivity contribution in [1.82, 2.24) is 4.98 Å². The molecule has 0 radical (unpaired) electrons. The number of nitrogens with zero attached hydrogens (tertiary/aromatic N) is 2. The molecule has 3 nitrogen and oxygen atoms in total. The summed E-state index contributed by atoms with van der Waals surface area (Å²) in [4.78, 5) is 18.2. The zero-order chi connectivity index (χ0) is 18.5. The molecule has 128 valence electrons. The monoisotopic (exact) mass is 344 g/mol. The number of carbonyl (C=O) groups is 1. The fourth-order valence-corrected chi connectivity index (χ4v) is 2.68. The van der Waals surface area contributed by atoms with E-state index in [-0.39, 0.29) is 12.2 Å².